The van der Waals surface area contributed by atoms with Crippen LogP contribution in [0.4, 0.5) is 0 Å². The van der Waals surface area contributed by atoms with Gasteiger partial charge in [-0.3, -0.25) is 4.79 Å². The molecule has 1 aliphatic heterocycles. The monoisotopic (exact) mass is 168 g/mol. The van der Waals surface area contributed by atoms with E-state index < -0.39 is 0 Å². The Kier molecular flexibility index (Phi) is 3.06. The molecule has 1 aliphatic rings. The Morgan fingerprint density at radius 3 is 3.08 bits per heavy atom. The van der Waals surface area contributed by atoms with Gasteiger partial charge in [0.1, 0.15) is 6.42 Å². The number of carbonyl (C=O) groups is 1. The number of aliphatic hydroxyl groups is 1. The maximum atomic E-state index is 11.2. The number of hydrogen-bond donors (Lipinski definition) is 1. The molecule has 0 unspecified atom stereocenters. The van der Waals surface area contributed by atoms with E-state index in [0.717, 1.165) is 12.8 Å². The van der Waals surface area contributed by atoms with Crippen molar-refractivity contribution in [2.75, 3.05) is 13.2 Å². The Morgan fingerprint density at radius 1 is 1.75 bits per heavy atom. The number of carbonyl (C=O) groups excluding carboxylic acids is 1. The first-order chi connectivity index (χ1) is 5.79. The summed E-state index contributed by atoms with van der Waals surface area (Å²) in [5.41, 5.74) is 0. The topological polar surface area (TPSA) is 64.3 Å². The second-order valence-electron chi connectivity index (χ2n) is 2.90. The summed E-state index contributed by atoms with van der Waals surface area (Å²) in [7, 11) is 0. The van der Waals surface area contributed by atoms with Gasteiger partial charge in [-0.25, -0.2) is 0 Å². The number of nitrogens with zero attached hydrogens (tertiary/aromatic N) is 2. The van der Waals surface area contributed by atoms with Gasteiger partial charge in [-0.15, -0.1) is 0 Å². The Balaban J connectivity index is 2.50. The highest BCUT2D eigenvalue weighted by molar-refractivity contribution is 5.78. The minimum absolute atomic E-state index is 0.0111. The first kappa shape index (κ1) is 9.01. The van der Waals surface area contributed by atoms with Crippen LogP contribution < -0.4 is 0 Å². The molecule has 1 amide bonds. The standard InChI is InChI=1S/C8H12N2O2/c9-4-3-8(12)10-5-1-2-7(10)6-11/h7,11H,1-3,5-6H2/t7-/m1/s1. The zero-order chi connectivity index (χ0) is 8.97. The molecular weight excluding hydrogens is 156 g/mol. The van der Waals surface area contributed by atoms with Crippen molar-refractivity contribution in [3.8, 4) is 6.07 Å². The van der Waals surface area contributed by atoms with Gasteiger partial charge in [0.2, 0.25) is 5.91 Å². The maximum Gasteiger partial charge on any atom is 0.237 e. The normalized spacial score (nSPS) is 22.3. The third-order valence-corrected chi connectivity index (χ3v) is 2.14. The number of aliphatic hydroxyl groups excluding tert-OH is 1. The van der Waals surface area contributed by atoms with Crippen LogP contribution in [0.1, 0.15) is 19.3 Å². The summed E-state index contributed by atoms with van der Waals surface area (Å²) in [6.07, 6.45) is 1.71. The zero-order valence-corrected chi connectivity index (χ0v) is 6.86. The highest BCUT2D eigenvalue weighted by atomic mass is 16.3. The van der Waals surface area contributed by atoms with Crippen LogP contribution in [0, 0.1) is 11.3 Å². The van der Waals surface area contributed by atoms with Gasteiger partial charge < -0.3 is 10.0 Å². The Hall–Kier alpha value is -1.08. The minimum Gasteiger partial charge on any atom is -0.394 e. The number of nitriles is 1. The van der Waals surface area contributed by atoms with Crippen molar-refractivity contribution in [2.45, 2.75) is 25.3 Å². The van der Waals surface area contributed by atoms with E-state index in [0.29, 0.717) is 6.54 Å². The predicted octanol–water partition coefficient (Wildman–Crippen LogP) is -0.117. The van der Waals surface area contributed by atoms with Crippen LogP contribution in [0.15, 0.2) is 0 Å². The Morgan fingerprint density at radius 2 is 2.50 bits per heavy atom. The van der Waals surface area contributed by atoms with E-state index in [1.165, 1.54) is 0 Å². The summed E-state index contributed by atoms with van der Waals surface area (Å²) >= 11 is 0. The highest BCUT2D eigenvalue weighted by Gasteiger charge is 2.27. The first-order valence-electron chi connectivity index (χ1n) is 4.07. The minimum atomic E-state index is -0.158. The van der Waals surface area contributed by atoms with Crippen LogP contribution in [0.2, 0.25) is 0 Å². The summed E-state index contributed by atoms with van der Waals surface area (Å²) in [6.45, 7) is 0.697. The van der Waals surface area contributed by atoms with Gasteiger partial charge in [0, 0.05) is 6.54 Å². The molecule has 0 aromatic carbocycles. The van der Waals surface area contributed by atoms with Crippen molar-refractivity contribution >= 4 is 5.91 Å². The van der Waals surface area contributed by atoms with Crippen molar-refractivity contribution in [3.05, 3.63) is 0 Å². The summed E-state index contributed by atoms with van der Waals surface area (Å²) in [5, 5.41) is 17.2. The fourth-order valence-corrected chi connectivity index (χ4v) is 1.52. The number of likely N-dealkylation sites (tertiary alicyclic amines) is 1. The second-order valence-corrected chi connectivity index (χ2v) is 2.90. The summed E-state index contributed by atoms with van der Waals surface area (Å²) in [5.74, 6) is -0.158. The maximum absolute atomic E-state index is 11.2. The quantitative estimate of drug-likeness (QED) is 0.625. The molecule has 0 radical (unpaired) electrons. The molecule has 66 valence electrons. The fourth-order valence-electron chi connectivity index (χ4n) is 1.52. The van der Waals surface area contributed by atoms with Crippen molar-refractivity contribution in [2.24, 2.45) is 0 Å². The van der Waals surface area contributed by atoms with Gasteiger partial charge in [0.25, 0.3) is 0 Å². The molecule has 0 aromatic rings. The molecule has 1 heterocycles. The molecule has 0 spiro atoms. The second kappa shape index (κ2) is 4.07. The van der Waals surface area contributed by atoms with Gasteiger partial charge in [0.05, 0.1) is 18.7 Å². The first-order valence-corrected chi connectivity index (χ1v) is 4.07. The van der Waals surface area contributed by atoms with Crippen molar-refractivity contribution in [1.82, 2.24) is 4.90 Å². The van der Waals surface area contributed by atoms with Crippen LogP contribution in [-0.4, -0.2) is 35.1 Å². The lowest BCUT2D eigenvalue weighted by molar-refractivity contribution is -0.131. The predicted molar refractivity (Wildman–Crippen MR) is 42.1 cm³/mol. The Labute approximate surface area is 71.4 Å². The number of rotatable bonds is 2. The molecule has 12 heavy (non-hydrogen) atoms. The number of amides is 1. The highest BCUT2D eigenvalue weighted by Crippen LogP contribution is 2.17. The van der Waals surface area contributed by atoms with Crippen LogP contribution in [0.3, 0.4) is 0 Å². The summed E-state index contributed by atoms with van der Waals surface area (Å²) in [4.78, 5) is 12.8. The van der Waals surface area contributed by atoms with Gasteiger partial charge in [-0.05, 0) is 12.8 Å². The third-order valence-electron chi connectivity index (χ3n) is 2.14. The molecule has 4 nitrogen and oxygen atoms in total. The van der Waals surface area contributed by atoms with E-state index in [4.69, 9.17) is 10.4 Å². The molecule has 1 atom stereocenters. The van der Waals surface area contributed by atoms with Gasteiger partial charge >= 0.3 is 0 Å². The fraction of sp³-hybridized carbons (Fsp3) is 0.750. The van der Waals surface area contributed by atoms with Gasteiger partial charge in [0.15, 0.2) is 0 Å². The SMILES string of the molecule is N#CCC(=O)N1CCC[C@@H]1CO. The van der Waals surface area contributed by atoms with Crippen LogP contribution >= 0.6 is 0 Å². The van der Waals surface area contributed by atoms with E-state index in [-0.39, 0.29) is 25.0 Å². The molecule has 1 saturated heterocycles. The summed E-state index contributed by atoms with van der Waals surface area (Å²) in [6, 6.07) is 1.77. The van der Waals surface area contributed by atoms with Crippen LogP contribution in [-0.2, 0) is 4.79 Å². The number of hydrogen-bond acceptors (Lipinski definition) is 3. The van der Waals surface area contributed by atoms with E-state index in [1.807, 2.05) is 6.07 Å². The summed E-state index contributed by atoms with van der Waals surface area (Å²) < 4.78 is 0. The molecule has 0 aromatic heterocycles. The molecule has 4 heteroatoms. The van der Waals surface area contributed by atoms with E-state index in [1.54, 1.807) is 4.90 Å². The smallest absolute Gasteiger partial charge is 0.237 e. The molecule has 0 saturated carbocycles. The molecule has 1 fully saturated rings. The molecular formula is C8H12N2O2. The molecule has 1 rings (SSSR count). The van der Waals surface area contributed by atoms with Crippen molar-refractivity contribution in [3.63, 3.8) is 0 Å². The largest absolute Gasteiger partial charge is 0.394 e. The van der Waals surface area contributed by atoms with Crippen LogP contribution in [0.25, 0.3) is 0 Å². The van der Waals surface area contributed by atoms with Gasteiger partial charge in [-0.2, -0.15) is 5.26 Å². The molecule has 1 N–H and O–H groups in total. The van der Waals surface area contributed by atoms with E-state index >= 15 is 0 Å². The van der Waals surface area contributed by atoms with Crippen molar-refractivity contribution in [1.29, 1.82) is 5.26 Å². The van der Waals surface area contributed by atoms with Gasteiger partial charge in [-0.1, -0.05) is 0 Å². The van der Waals surface area contributed by atoms with Crippen molar-refractivity contribution < 1.29 is 9.90 Å². The molecule has 0 bridgehead atoms. The lowest BCUT2D eigenvalue weighted by Crippen LogP contribution is -2.37. The third kappa shape index (κ3) is 1.74. The lowest BCUT2D eigenvalue weighted by Gasteiger charge is -2.21. The van der Waals surface area contributed by atoms with E-state index in [2.05, 4.69) is 0 Å². The average Bonchev–Trinajstić information content (AvgIpc) is 2.51. The average molecular weight is 168 g/mol. The molecule has 0 aliphatic carbocycles. The lowest BCUT2D eigenvalue weighted by atomic mass is 10.2. The Bertz CT molecular complexity index is 210. The zero-order valence-electron chi connectivity index (χ0n) is 6.86. The van der Waals surface area contributed by atoms with E-state index in [9.17, 15) is 4.79 Å². The van der Waals surface area contributed by atoms with Crippen LogP contribution in [0.5, 0.6) is 0 Å².